The van der Waals surface area contributed by atoms with Gasteiger partial charge in [-0.05, 0) is 0 Å². The zero-order chi connectivity index (χ0) is 12.7. The number of nitrogens with two attached hydrogens (primary N) is 1. The van der Waals surface area contributed by atoms with Gasteiger partial charge < -0.3 is 0 Å². The van der Waals surface area contributed by atoms with Crippen LogP contribution in [0.5, 0.6) is 0 Å². The predicted octanol–water partition coefficient (Wildman–Crippen LogP) is 2.41. The zero-order valence-electron chi connectivity index (χ0n) is 6.63. The quantitative estimate of drug-likeness (QED) is 0.600. The summed E-state index contributed by atoms with van der Waals surface area (Å²) in [5.41, 5.74) is 3.68. The minimum absolute atomic E-state index is 3.68. The molecule has 0 radical (unpaired) electrons. The molecule has 0 rings (SSSR count). The molecule has 1 atom stereocenters. The summed E-state index contributed by atoms with van der Waals surface area (Å²) >= 11 is 0. The van der Waals surface area contributed by atoms with Crippen molar-refractivity contribution >= 4 is 0 Å². The Balaban J connectivity index is 5.30. The molecule has 1 nitrogen and oxygen atoms in total. The Morgan fingerprint density at radius 1 is 0.733 bits per heavy atom. The van der Waals surface area contributed by atoms with Crippen molar-refractivity contribution in [2.75, 3.05) is 0 Å². The van der Waals surface area contributed by atoms with Gasteiger partial charge in [-0.2, -0.15) is 26.3 Å². The summed E-state index contributed by atoms with van der Waals surface area (Å²) in [6, 6.07) is 0. The summed E-state index contributed by atoms with van der Waals surface area (Å²) in [5, 5.41) is 0. The van der Waals surface area contributed by atoms with Crippen molar-refractivity contribution in [3.63, 3.8) is 0 Å². The Kier molecular flexibility index (Phi) is 3.56. The third-order valence-electron chi connectivity index (χ3n) is 1.46. The van der Waals surface area contributed by atoms with Crippen molar-refractivity contribution in [3.05, 3.63) is 0 Å². The average molecular weight is 249 g/mol. The van der Waals surface area contributed by atoms with Gasteiger partial charge in [0, 0.05) is 0 Å². The molecular weight excluding hydrogens is 245 g/mol. The lowest BCUT2D eigenvalue weighted by Gasteiger charge is -2.32. The lowest BCUT2D eigenvalue weighted by Crippen LogP contribution is -2.62. The van der Waals surface area contributed by atoms with Crippen molar-refractivity contribution in [2.45, 2.75) is 30.5 Å². The van der Waals surface area contributed by atoms with E-state index in [2.05, 4.69) is 5.73 Å². The highest BCUT2D eigenvalue weighted by Crippen LogP contribution is 2.49. The van der Waals surface area contributed by atoms with Crippen LogP contribution in [0.15, 0.2) is 0 Å². The topological polar surface area (TPSA) is 26.0 Å². The average Bonchev–Trinajstić information content (AvgIpc) is 2.02. The zero-order valence-corrected chi connectivity index (χ0v) is 6.63. The fourth-order valence-electron chi connectivity index (χ4n) is 0.532. The molecule has 0 aliphatic heterocycles. The predicted molar refractivity (Wildman–Crippen MR) is 29.9 cm³/mol. The first-order chi connectivity index (χ1) is 6.39. The summed E-state index contributed by atoms with van der Waals surface area (Å²) in [6.45, 7) is 0. The summed E-state index contributed by atoms with van der Waals surface area (Å²) < 4.78 is 107. The number of hydrogen-bond donors (Lipinski definition) is 1. The van der Waals surface area contributed by atoms with Gasteiger partial charge in [-0.1, -0.05) is 0 Å². The molecule has 10 heteroatoms. The molecule has 0 heterocycles. The molecule has 0 fully saturated rings. The lowest BCUT2D eigenvalue weighted by atomic mass is 10.0. The molecule has 0 saturated carbocycles. The van der Waals surface area contributed by atoms with Gasteiger partial charge in [0.25, 0.3) is 0 Å². The van der Waals surface area contributed by atoms with E-state index in [1.165, 1.54) is 0 Å². The standard InChI is InChI=1S/C5H4F9N/c6-1(7)3(9,10)5(13,14)4(11,12)2(8)15/h1-2H,15H2. The van der Waals surface area contributed by atoms with Crippen molar-refractivity contribution in [3.8, 4) is 0 Å². The number of hydrogen-bond acceptors (Lipinski definition) is 1. The molecule has 0 amide bonds. The van der Waals surface area contributed by atoms with Crippen LogP contribution in [0.1, 0.15) is 0 Å². The molecule has 15 heavy (non-hydrogen) atoms. The first-order valence-corrected chi connectivity index (χ1v) is 3.20. The third-order valence-corrected chi connectivity index (χ3v) is 1.46. The van der Waals surface area contributed by atoms with Crippen molar-refractivity contribution in [1.82, 2.24) is 0 Å². The smallest absolute Gasteiger partial charge is 0.296 e. The van der Waals surface area contributed by atoms with E-state index in [1.54, 1.807) is 0 Å². The normalized spacial score (nSPS) is 17.0. The molecule has 0 aromatic carbocycles. The third kappa shape index (κ3) is 1.99. The molecule has 0 saturated heterocycles. The molecule has 1 unspecified atom stereocenters. The Morgan fingerprint density at radius 3 is 1.27 bits per heavy atom. The first kappa shape index (κ1) is 14.3. The van der Waals surface area contributed by atoms with E-state index in [4.69, 9.17) is 0 Å². The number of halogens is 9. The Bertz CT molecular complexity index is 201. The lowest BCUT2D eigenvalue weighted by molar-refractivity contribution is -0.350. The largest absolute Gasteiger partial charge is 0.382 e. The van der Waals surface area contributed by atoms with E-state index in [0.29, 0.717) is 0 Å². The van der Waals surface area contributed by atoms with Crippen LogP contribution in [0.25, 0.3) is 0 Å². The van der Waals surface area contributed by atoms with Crippen LogP contribution in [0, 0.1) is 0 Å². The van der Waals surface area contributed by atoms with E-state index in [-0.39, 0.29) is 0 Å². The fraction of sp³-hybridized carbons (Fsp3) is 1.00. The molecule has 0 aliphatic rings. The second kappa shape index (κ2) is 3.72. The second-order valence-corrected chi connectivity index (χ2v) is 2.52. The summed E-state index contributed by atoms with van der Waals surface area (Å²) in [6.07, 6.45) is -9.26. The molecule has 0 aromatic rings. The highest BCUT2D eigenvalue weighted by Gasteiger charge is 2.77. The van der Waals surface area contributed by atoms with Crippen LogP contribution >= 0.6 is 0 Å². The van der Waals surface area contributed by atoms with Crippen molar-refractivity contribution < 1.29 is 39.5 Å². The van der Waals surface area contributed by atoms with Gasteiger partial charge in [0.1, 0.15) is 0 Å². The van der Waals surface area contributed by atoms with Crippen LogP contribution in [0.4, 0.5) is 39.5 Å². The van der Waals surface area contributed by atoms with E-state index in [9.17, 15) is 39.5 Å². The Labute approximate surface area is 77.0 Å². The summed E-state index contributed by atoms with van der Waals surface area (Å²) in [4.78, 5) is 0. The van der Waals surface area contributed by atoms with Crippen molar-refractivity contribution in [2.24, 2.45) is 5.73 Å². The van der Waals surface area contributed by atoms with E-state index in [0.717, 1.165) is 0 Å². The van der Waals surface area contributed by atoms with Gasteiger partial charge in [-0.15, -0.1) is 0 Å². The molecule has 0 aliphatic carbocycles. The second-order valence-electron chi connectivity index (χ2n) is 2.52. The van der Waals surface area contributed by atoms with E-state index >= 15 is 0 Å². The summed E-state index contributed by atoms with van der Waals surface area (Å²) in [5.74, 6) is -19.0. The minimum atomic E-state index is -6.58. The monoisotopic (exact) mass is 249 g/mol. The minimum Gasteiger partial charge on any atom is -0.296 e. The maximum absolute atomic E-state index is 12.2. The molecular formula is C5H4F9N. The molecule has 0 aromatic heterocycles. The highest BCUT2D eigenvalue weighted by molar-refractivity contribution is 4.99. The van der Waals surface area contributed by atoms with E-state index in [1.807, 2.05) is 0 Å². The maximum atomic E-state index is 12.2. The van der Waals surface area contributed by atoms with E-state index < -0.39 is 30.5 Å². The molecule has 2 N–H and O–H groups in total. The summed E-state index contributed by atoms with van der Waals surface area (Å²) in [7, 11) is 0. The molecule has 0 spiro atoms. The highest BCUT2D eigenvalue weighted by atomic mass is 19.4. The Morgan fingerprint density at radius 2 is 1.07 bits per heavy atom. The van der Waals surface area contributed by atoms with Gasteiger partial charge in [0.15, 0.2) is 0 Å². The Hall–Kier alpha value is -0.670. The first-order valence-electron chi connectivity index (χ1n) is 3.20. The van der Waals surface area contributed by atoms with Crippen molar-refractivity contribution in [1.29, 1.82) is 0 Å². The van der Waals surface area contributed by atoms with Gasteiger partial charge in [0.2, 0.25) is 6.30 Å². The number of alkyl halides is 9. The van der Waals surface area contributed by atoms with Gasteiger partial charge in [-0.3, -0.25) is 5.73 Å². The van der Waals surface area contributed by atoms with Crippen LogP contribution in [-0.2, 0) is 0 Å². The van der Waals surface area contributed by atoms with Gasteiger partial charge >= 0.3 is 24.2 Å². The van der Waals surface area contributed by atoms with Gasteiger partial charge in [-0.25, -0.2) is 13.2 Å². The van der Waals surface area contributed by atoms with Crippen LogP contribution in [0.2, 0.25) is 0 Å². The number of rotatable bonds is 4. The fourth-order valence-corrected chi connectivity index (χ4v) is 0.532. The molecule has 92 valence electrons. The SMILES string of the molecule is NC(F)C(F)(F)C(F)(F)C(F)(F)C(F)F. The van der Waals surface area contributed by atoms with Crippen LogP contribution in [0.3, 0.4) is 0 Å². The maximum Gasteiger partial charge on any atom is 0.382 e. The van der Waals surface area contributed by atoms with Crippen LogP contribution < -0.4 is 5.73 Å². The van der Waals surface area contributed by atoms with Crippen LogP contribution in [-0.4, -0.2) is 30.5 Å². The molecule has 0 bridgehead atoms. The van der Waals surface area contributed by atoms with Gasteiger partial charge in [0.05, 0.1) is 0 Å².